The van der Waals surface area contributed by atoms with Gasteiger partial charge in [0.2, 0.25) is 0 Å². The number of nitrogens with zero attached hydrogens (tertiary/aromatic N) is 2. The van der Waals surface area contributed by atoms with Crippen LogP contribution < -0.4 is 4.74 Å². The second-order valence-corrected chi connectivity index (χ2v) is 4.26. The van der Waals surface area contributed by atoms with E-state index in [2.05, 4.69) is 0 Å². The van der Waals surface area contributed by atoms with Gasteiger partial charge < -0.3 is 14.2 Å². The smallest absolute Gasteiger partial charge is 0.338 e. The van der Waals surface area contributed by atoms with E-state index in [-0.39, 0.29) is 12.2 Å². The Morgan fingerprint density at radius 2 is 2.05 bits per heavy atom. The number of aromatic nitrogens is 1. The lowest BCUT2D eigenvalue weighted by Gasteiger charge is -2.03. The molecule has 0 unspecified atom stereocenters. The number of hydrogen-bond acceptors (Lipinski definition) is 3. The lowest BCUT2D eigenvalue weighted by atomic mass is 10.1. The van der Waals surface area contributed by atoms with Gasteiger partial charge in [-0.05, 0) is 18.2 Å². The van der Waals surface area contributed by atoms with Gasteiger partial charge in [0.1, 0.15) is 11.8 Å². The van der Waals surface area contributed by atoms with Crippen LogP contribution in [-0.2, 0) is 0 Å². The number of pyridine rings is 1. The molecule has 5 heteroatoms. The molecular weight excluding hydrogens is 256 g/mol. The van der Waals surface area contributed by atoms with Crippen LogP contribution >= 0.6 is 0 Å². The molecule has 0 aliphatic heterocycles. The molecule has 0 saturated heterocycles. The summed E-state index contributed by atoms with van der Waals surface area (Å²) in [5, 5.41) is 18.6. The topological polar surface area (TPSA) is 74.7 Å². The monoisotopic (exact) mass is 266 g/mol. The minimum Gasteiger partial charge on any atom is -0.478 e. The fourth-order valence-electron chi connectivity index (χ4n) is 2.34. The molecule has 3 aromatic rings. The fraction of sp³-hybridized carbons (Fsp3) is 0.0667. The standard InChI is InChI=1S/C15H10N2O3/c16-7-8-20-10-5-6-13-14(15(18)19)11-3-1-2-4-12(11)17(13)9-10/h1-6,9H,8H2,(H,18,19). The number of hydrogen-bond donors (Lipinski definition) is 1. The van der Waals surface area contributed by atoms with E-state index in [9.17, 15) is 9.90 Å². The van der Waals surface area contributed by atoms with Crippen LogP contribution in [0, 0.1) is 11.3 Å². The molecule has 0 spiro atoms. The van der Waals surface area contributed by atoms with Crippen molar-refractivity contribution < 1.29 is 14.6 Å². The summed E-state index contributed by atoms with van der Waals surface area (Å²) in [4.78, 5) is 11.5. The third-order valence-electron chi connectivity index (χ3n) is 3.13. The van der Waals surface area contributed by atoms with Crippen molar-refractivity contribution in [3.63, 3.8) is 0 Å². The second-order valence-electron chi connectivity index (χ2n) is 4.26. The van der Waals surface area contributed by atoms with Gasteiger partial charge in [-0.2, -0.15) is 5.26 Å². The molecule has 3 rings (SSSR count). The summed E-state index contributed by atoms with van der Waals surface area (Å²) < 4.78 is 7.02. The number of fused-ring (bicyclic) bond motifs is 3. The molecule has 2 aromatic heterocycles. The Morgan fingerprint density at radius 1 is 1.25 bits per heavy atom. The summed E-state index contributed by atoms with van der Waals surface area (Å²) in [6.45, 7) is -0.0451. The number of carbonyl (C=O) groups is 1. The Morgan fingerprint density at radius 3 is 2.80 bits per heavy atom. The largest absolute Gasteiger partial charge is 0.478 e. The third kappa shape index (κ3) is 1.75. The van der Waals surface area contributed by atoms with Crippen molar-refractivity contribution in [3.05, 3.63) is 48.2 Å². The van der Waals surface area contributed by atoms with E-state index in [1.807, 2.05) is 18.2 Å². The van der Waals surface area contributed by atoms with Crippen LogP contribution in [0.4, 0.5) is 0 Å². The minimum absolute atomic E-state index is 0.0451. The van der Waals surface area contributed by atoms with Crippen molar-refractivity contribution in [2.75, 3.05) is 6.61 Å². The van der Waals surface area contributed by atoms with Crippen LogP contribution in [0.15, 0.2) is 42.6 Å². The van der Waals surface area contributed by atoms with Crippen molar-refractivity contribution in [1.82, 2.24) is 4.40 Å². The lowest BCUT2D eigenvalue weighted by Crippen LogP contribution is -1.97. The average Bonchev–Trinajstić information content (AvgIpc) is 2.79. The fourth-order valence-corrected chi connectivity index (χ4v) is 2.34. The highest BCUT2D eigenvalue weighted by molar-refractivity contribution is 6.11. The van der Waals surface area contributed by atoms with E-state index in [0.717, 1.165) is 5.52 Å². The van der Waals surface area contributed by atoms with Gasteiger partial charge in [0, 0.05) is 5.39 Å². The van der Waals surface area contributed by atoms with Gasteiger partial charge in [-0.25, -0.2) is 4.79 Å². The van der Waals surface area contributed by atoms with Crippen LogP contribution in [0.25, 0.3) is 16.4 Å². The first-order valence-electron chi connectivity index (χ1n) is 5.98. The van der Waals surface area contributed by atoms with Gasteiger partial charge in [0.25, 0.3) is 0 Å². The number of para-hydroxylation sites is 1. The number of benzene rings is 1. The zero-order valence-corrected chi connectivity index (χ0v) is 10.4. The zero-order valence-electron chi connectivity index (χ0n) is 10.4. The number of carboxylic acids is 1. The summed E-state index contributed by atoms with van der Waals surface area (Å²) in [6.07, 6.45) is 1.70. The van der Waals surface area contributed by atoms with Gasteiger partial charge >= 0.3 is 5.97 Å². The van der Waals surface area contributed by atoms with E-state index >= 15 is 0 Å². The molecule has 20 heavy (non-hydrogen) atoms. The van der Waals surface area contributed by atoms with Gasteiger partial charge in [-0.15, -0.1) is 0 Å². The maximum atomic E-state index is 11.5. The molecule has 0 saturated carbocycles. The number of rotatable bonds is 3. The highest BCUT2D eigenvalue weighted by Gasteiger charge is 2.17. The van der Waals surface area contributed by atoms with Crippen LogP contribution in [-0.4, -0.2) is 22.1 Å². The lowest BCUT2D eigenvalue weighted by molar-refractivity contribution is 0.0701. The summed E-state index contributed by atoms with van der Waals surface area (Å²) in [7, 11) is 0. The molecule has 0 amide bonds. The highest BCUT2D eigenvalue weighted by atomic mass is 16.5. The van der Waals surface area contributed by atoms with Crippen molar-refractivity contribution in [3.8, 4) is 11.8 Å². The normalized spacial score (nSPS) is 10.6. The quantitative estimate of drug-likeness (QED) is 0.790. The Balaban J connectivity index is 2.32. The van der Waals surface area contributed by atoms with E-state index < -0.39 is 5.97 Å². The molecule has 5 nitrogen and oxygen atoms in total. The maximum absolute atomic E-state index is 11.5. The van der Waals surface area contributed by atoms with Crippen LogP contribution in [0.2, 0.25) is 0 Å². The molecule has 98 valence electrons. The zero-order chi connectivity index (χ0) is 14.1. The molecule has 0 fully saturated rings. The first-order valence-corrected chi connectivity index (χ1v) is 5.98. The summed E-state index contributed by atoms with van der Waals surface area (Å²) >= 11 is 0. The van der Waals surface area contributed by atoms with Crippen LogP contribution in [0.1, 0.15) is 10.4 Å². The van der Waals surface area contributed by atoms with E-state index in [4.69, 9.17) is 10.00 Å². The third-order valence-corrected chi connectivity index (χ3v) is 3.13. The van der Waals surface area contributed by atoms with Crippen molar-refractivity contribution in [2.24, 2.45) is 0 Å². The summed E-state index contributed by atoms with van der Waals surface area (Å²) in [5.74, 6) is -0.439. The number of carboxylic acid groups (broad SMARTS) is 1. The minimum atomic E-state index is -0.964. The molecule has 1 N–H and O–H groups in total. The van der Waals surface area contributed by atoms with E-state index in [1.54, 1.807) is 34.9 Å². The van der Waals surface area contributed by atoms with Gasteiger partial charge in [0.05, 0.1) is 22.8 Å². The molecular formula is C15H10N2O3. The maximum Gasteiger partial charge on any atom is 0.338 e. The van der Waals surface area contributed by atoms with Gasteiger partial charge in [-0.3, -0.25) is 0 Å². The molecule has 0 atom stereocenters. The Hall–Kier alpha value is -3.00. The Bertz CT molecular complexity index is 859. The molecule has 1 aromatic carbocycles. The Labute approximate surface area is 114 Å². The van der Waals surface area contributed by atoms with Crippen LogP contribution in [0.5, 0.6) is 5.75 Å². The second kappa shape index (κ2) is 4.59. The number of aromatic carboxylic acids is 1. The molecule has 2 heterocycles. The molecule has 0 bridgehead atoms. The first-order chi connectivity index (χ1) is 9.72. The summed E-state index contributed by atoms with van der Waals surface area (Å²) in [6, 6.07) is 12.5. The van der Waals surface area contributed by atoms with Crippen molar-refractivity contribution in [1.29, 1.82) is 5.26 Å². The predicted octanol–water partition coefficient (Wildman–Crippen LogP) is 2.69. The van der Waals surface area contributed by atoms with Crippen LogP contribution in [0.3, 0.4) is 0 Å². The van der Waals surface area contributed by atoms with Gasteiger partial charge in [0.15, 0.2) is 6.61 Å². The Kier molecular flexibility index (Phi) is 2.77. The van der Waals surface area contributed by atoms with E-state index in [0.29, 0.717) is 16.7 Å². The molecule has 0 aliphatic carbocycles. The van der Waals surface area contributed by atoms with E-state index in [1.165, 1.54) is 0 Å². The highest BCUT2D eigenvalue weighted by Crippen LogP contribution is 2.28. The number of ether oxygens (including phenoxy) is 1. The molecule has 0 aliphatic rings. The summed E-state index contributed by atoms with van der Waals surface area (Å²) in [5.41, 5.74) is 1.66. The predicted molar refractivity (Wildman–Crippen MR) is 73.0 cm³/mol. The SMILES string of the molecule is N#CCOc1ccc2c(C(=O)O)c3ccccc3n2c1. The molecule has 0 radical (unpaired) electrons. The van der Waals surface area contributed by atoms with Crippen molar-refractivity contribution >= 4 is 22.4 Å². The number of nitriles is 1. The van der Waals surface area contributed by atoms with Crippen molar-refractivity contribution in [2.45, 2.75) is 0 Å². The van der Waals surface area contributed by atoms with Gasteiger partial charge in [-0.1, -0.05) is 18.2 Å². The average molecular weight is 266 g/mol. The first kappa shape index (κ1) is 12.1.